The fourth-order valence-corrected chi connectivity index (χ4v) is 4.46. The molecular weight excluding hydrogens is 236 g/mol. The number of nitrogens with zero attached hydrogens (tertiary/aromatic N) is 1. The van der Waals surface area contributed by atoms with Gasteiger partial charge in [-0.25, -0.2) is 0 Å². The van der Waals surface area contributed by atoms with E-state index in [9.17, 15) is 5.11 Å². The van der Waals surface area contributed by atoms with Crippen LogP contribution < -0.4 is 5.32 Å². The Balaban J connectivity index is 1.51. The monoisotopic (exact) mass is 266 g/mol. The average molecular weight is 266 g/mol. The number of aliphatic hydroxyl groups is 1. The maximum absolute atomic E-state index is 10.3. The number of hydrogen-bond donors (Lipinski definition) is 2. The van der Waals surface area contributed by atoms with Crippen LogP contribution in [-0.4, -0.2) is 47.8 Å². The van der Waals surface area contributed by atoms with Gasteiger partial charge in [-0.15, -0.1) is 0 Å². The van der Waals surface area contributed by atoms with E-state index >= 15 is 0 Å². The van der Waals surface area contributed by atoms with E-state index in [1.807, 2.05) is 0 Å². The van der Waals surface area contributed by atoms with Crippen molar-refractivity contribution in [3.05, 3.63) is 0 Å². The third-order valence-electron chi connectivity index (χ3n) is 5.65. The lowest BCUT2D eigenvalue weighted by Crippen LogP contribution is -2.49. The summed E-state index contributed by atoms with van der Waals surface area (Å²) in [5.41, 5.74) is 0. The zero-order chi connectivity index (χ0) is 13.1. The van der Waals surface area contributed by atoms with E-state index in [0.717, 1.165) is 18.4 Å². The van der Waals surface area contributed by atoms with Gasteiger partial charge in [-0.05, 0) is 64.1 Å². The minimum atomic E-state index is -0.0661. The predicted octanol–water partition coefficient (Wildman–Crippen LogP) is 2.14. The maximum atomic E-state index is 10.3. The molecule has 0 aromatic heterocycles. The first-order valence-corrected chi connectivity index (χ1v) is 8.50. The molecule has 2 aliphatic heterocycles. The molecule has 3 rings (SSSR count). The number of piperidine rings is 1. The van der Waals surface area contributed by atoms with E-state index in [0.29, 0.717) is 6.04 Å². The Kier molecular flexibility index (Phi) is 4.78. The molecule has 0 aromatic rings. The van der Waals surface area contributed by atoms with E-state index in [2.05, 4.69) is 10.2 Å². The van der Waals surface area contributed by atoms with Crippen LogP contribution in [0.2, 0.25) is 0 Å². The van der Waals surface area contributed by atoms with Gasteiger partial charge in [-0.2, -0.15) is 0 Å². The Bertz CT molecular complexity index is 270. The lowest BCUT2D eigenvalue weighted by Gasteiger charge is -2.40. The number of rotatable bonds is 2. The Morgan fingerprint density at radius 2 is 1.63 bits per heavy atom. The predicted molar refractivity (Wildman–Crippen MR) is 78.2 cm³/mol. The fourth-order valence-electron chi connectivity index (χ4n) is 4.46. The smallest absolute Gasteiger partial charge is 0.0695 e. The van der Waals surface area contributed by atoms with Crippen LogP contribution in [0.3, 0.4) is 0 Å². The molecule has 1 saturated carbocycles. The van der Waals surface area contributed by atoms with Gasteiger partial charge in [0.2, 0.25) is 0 Å². The topological polar surface area (TPSA) is 35.5 Å². The van der Waals surface area contributed by atoms with Crippen LogP contribution in [0.4, 0.5) is 0 Å². The summed E-state index contributed by atoms with van der Waals surface area (Å²) in [7, 11) is 0. The van der Waals surface area contributed by atoms with Crippen LogP contribution >= 0.6 is 0 Å². The highest BCUT2D eigenvalue weighted by Gasteiger charge is 2.33. The molecule has 0 amide bonds. The van der Waals surface area contributed by atoms with Gasteiger partial charge in [0.05, 0.1) is 6.10 Å². The van der Waals surface area contributed by atoms with Crippen molar-refractivity contribution >= 4 is 0 Å². The molecular formula is C16H30N2O. The van der Waals surface area contributed by atoms with Crippen molar-refractivity contribution < 1.29 is 5.11 Å². The quantitative estimate of drug-likeness (QED) is 0.752. The largest absolute Gasteiger partial charge is 0.391 e. The third-order valence-corrected chi connectivity index (χ3v) is 5.65. The zero-order valence-corrected chi connectivity index (χ0v) is 12.2. The van der Waals surface area contributed by atoms with Crippen LogP contribution in [0.5, 0.6) is 0 Å². The lowest BCUT2D eigenvalue weighted by atomic mass is 9.87. The van der Waals surface area contributed by atoms with Gasteiger partial charge < -0.3 is 10.4 Å². The van der Waals surface area contributed by atoms with Crippen molar-refractivity contribution in [1.82, 2.24) is 10.2 Å². The zero-order valence-electron chi connectivity index (χ0n) is 12.2. The van der Waals surface area contributed by atoms with Crippen LogP contribution in [0.1, 0.15) is 57.8 Å². The molecule has 2 heterocycles. The molecule has 2 saturated heterocycles. The molecule has 3 unspecified atom stereocenters. The molecule has 110 valence electrons. The minimum absolute atomic E-state index is 0.0661. The van der Waals surface area contributed by atoms with Gasteiger partial charge in [0.1, 0.15) is 0 Å². The van der Waals surface area contributed by atoms with Crippen LogP contribution in [0.25, 0.3) is 0 Å². The Hall–Kier alpha value is -0.120. The van der Waals surface area contributed by atoms with Gasteiger partial charge >= 0.3 is 0 Å². The first-order valence-electron chi connectivity index (χ1n) is 8.50. The molecule has 2 N–H and O–H groups in total. The van der Waals surface area contributed by atoms with E-state index < -0.39 is 0 Å². The van der Waals surface area contributed by atoms with Crippen molar-refractivity contribution in [3.63, 3.8) is 0 Å². The van der Waals surface area contributed by atoms with E-state index in [1.165, 1.54) is 71.0 Å². The standard InChI is InChI=1S/C16H30N2O/c19-16-7-3-1-2-6-15(16)18-11-8-13(9-12-18)14-5-4-10-17-14/h13-17,19H,1-12H2. The van der Waals surface area contributed by atoms with Crippen molar-refractivity contribution in [2.75, 3.05) is 19.6 Å². The average Bonchev–Trinajstić information content (AvgIpc) is 2.89. The van der Waals surface area contributed by atoms with Gasteiger partial charge in [0.15, 0.2) is 0 Å². The molecule has 3 aliphatic rings. The van der Waals surface area contributed by atoms with E-state index in [-0.39, 0.29) is 6.10 Å². The van der Waals surface area contributed by atoms with Crippen molar-refractivity contribution in [1.29, 1.82) is 0 Å². The summed E-state index contributed by atoms with van der Waals surface area (Å²) in [6.45, 7) is 3.65. The highest BCUT2D eigenvalue weighted by molar-refractivity contribution is 4.89. The fraction of sp³-hybridized carbons (Fsp3) is 1.00. The normalized spacial score (nSPS) is 39.3. The lowest BCUT2D eigenvalue weighted by molar-refractivity contribution is 0.0220. The molecule has 3 nitrogen and oxygen atoms in total. The molecule has 0 aromatic carbocycles. The first kappa shape index (κ1) is 13.8. The molecule has 3 fully saturated rings. The highest BCUT2D eigenvalue weighted by atomic mass is 16.3. The van der Waals surface area contributed by atoms with Gasteiger partial charge in [-0.1, -0.05) is 19.3 Å². The Labute approximate surface area is 117 Å². The summed E-state index contributed by atoms with van der Waals surface area (Å²) >= 11 is 0. The second kappa shape index (κ2) is 6.55. The number of hydrogen-bond acceptors (Lipinski definition) is 3. The molecule has 1 aliphatic carbocycles. The minimum Gasteiger partial charge on any atom is -0.391 e. The second-order valence-corrected chi connectivity index (χ2v) is 6.85. The molecule has 0 spiro atoms. The van der Waals surface area contributed by atoms with Crippen LogP contribution in [0, 0.1) is 5.92 Å². The third kappa shape index (κ3) is 3.32. The highest BCUT2D eigenvalue weighted by Crippen LogP contribution is 2.30. The summed E-state index contributed by atoms with van der Waals surface area (Å²) in [5, 5.41) is 14.0. The van der Waals surface area contributed by atoms with Gasteiger partial charge in [0, 0.05) is 12.1 Å². The molecule has 0 bridgehead atoms. The SMILES string of the molecule is OC1CCCCCC1N1CCC(C2CCCN2)CC1. The number of likely N-dealkylation sites (tertiary alicyclic amines) is 1. The first-order chi connectivity index (χ1) is 9.34. The maximum Gasteiger partial charge on any atom is 0.0695 e. The van der Waals surface area contributed by atoms with Crippen LogP contribution in [0.15, 0.2) is 0 Å². The van der Waals surface area contributed by atoms with Crippen LogP contribution in [-0.2, 0) is 0 Å². The summed E-state index contributed by atoms with van der Waals surface area (Å²) in [5.74, 6) is 0.890. The van der Waals surface area contributed by atoms with E-state index in [4.69, 9.17) is 0 Å². The Morgan fingerprint density at radius 1 is 0.842 bits per heavy atom. The molecule has 0 radical (unpaired) electrons. The summed E-state index contributed by atoms with van der Waals surface area (Å²) < 4.78 is 0. The Morgan fingerprint density at radius 3 is 2.37 bits per heavy atom. The van der Waals surface area contributed by atoms with Gasteiger partial charge in [-0.3, -0.25) is 4.90 Å². The molecule has 19 heavy (non-hydrogen) atoms. The van der Waals surface area contributed by atoms with Crippen molar-refractivity contribution in [2.45, 2.75) is 76.0 Å². The van der Waals surface area contributed by atoms with E-state index in [1.54, 1.807) is 0 Å². The summed E-state index contributed by atoms with van der Waals surface area (Å²) in [4.78, 5) is 2.60. The van der Waals surface area contributed by atoms with Crippen molar-refractivity contribution in [3.8, 4) is 0 Å². The summed E-state index contributed by atoms with van der Waals surface area (Å²) in [6.07, 6.45) is 11.4. The second-order valence-electron chi connectivity index (χ2n) is 6.85. The number of nitrogens with one attached hydrogen (secondary N) is 1. The molecule has 3 atom stereocenters. The number of aliphatic hydroxyl groups excluding tert-OH is 1. The molecule has 3 heteroatoms. The van der Waals surface area contributed by atoms with Crippen molar-refractivity contribution in [2.24, 2.45) is 5.92 Å². The summed E-state index contributed by atoms with van der Waals surface area (Å²) in [6, 6.07) is 1.25. The van der Waals surface area contributed by atoms with Gasteiger partial charge in [0.25, 0.3) is 0 Å².